The Morgan fingerprint density at radius 3 is 2.83 bits per heavy atom. The van der Waals surface area contributed by atoms with Gasteiger partial charge in [-0.15, -0.1) is 0 Å². The Bertz CT molecular complexity index is 380. The lowest BCUT2D eigenvalue weighted by atomic mass is 10.2. The summed E-state index contributed by atoms with van der Waals surface area (Å²) in [4.78, 5) is 2.30. The fourth-order valence-electron chi connectivity index (χ4n) is 1.94. The zero-order valence-corrected chi connectivity index (χ0v) is 11.0. The topological polar surface area (TPSA) is 41.9 Å². The van der Waals surface area contributed by atoms with Crippen LogP contribution in [0.1, 0.15) is 5.56 Å². The third-order valence-electron chi connectivity index (χ3n) is 3.00. The number of halogens is 1. The summed E-state index contributed by atoms with van der Waals surface area (Å²) < 4.78 is 11.0. The predicted molar refractivity (Wildman–Crippen MR) is 70.1 cm³/mol. The van der Waals surface area contributed by atoms with E-state index in [1.807, 2.05) is 12.1 Å². The fourth-order valence-corrected chi connectivity index (χ4v) is 2.16. The molecule has 1 aliphatic heterocycles. The molecule has 100 valence electrons. The van der Waals surface area contributed by atoms with E-state index in [1.165, 1.54) is 0 Å². The van der Waals surface area contributed by atoms with Gasteiger partial charge in [-0.25, -0.2) is 0 Å². The van der Waals surface area contributed by atoms with Crippen molar-refractivity contribution >= 4 is 11.6 Å². The van der Waals surface area contributed by atoms with E-state index in [9.17, 15) is 5.11 Å². The standard InChI is InChI=1S/C13H18ClNO3/c14-12-2-1-3-13(11(12)10-16)18-9-6-15-4-7-17-8-5-15/h1-3,16H,4-10H2. The van der Waals surface area contributed by atoms with Crippen LogP contribution in [-0.4, -0.2) is 49.5 Å². The summed E-state index contributed by atoms with van der Waals surface area (Å²) in [5.74, 6) is 0.665. The largest absolute Gasteiger partial charge is 0.492 e. The van der Waals surface area contributed by atoms with Crippen molar-refractivity contribution in [3.63, 3.8) is 0 Å². The van der Waals surface area contributed by atoms with E-state index in [0.717, 1.165) is 32.8 Å². The molecule has 1 heterocycles. The molecule has 0 aromatic heterocycles. The van der Waals surface area contributed by atoms with E-state index >= 15 is 0 Å². The third-order valence-corrected chi connectivity index (χ3v) is 3.36. The molecule has 1 aromatic carbocycles. The fraction of sp³-hybridized carbons (Fsp3) is 0.538. The normalized spacial score (nSPS) is 16.8. The second kappa shape index (κ2) is 6.95. The molecule has 0 unspecified atom stereocenters. The van der Waals surface area contributed by atoms with Crippen molar-refractivity contribution in [2.24, 2.45) is 0 Å². The smallest absolute Gasteiger partial charge is 0.126 e. The van der Waals surface area contributed by atoms with E-state index in [2.05, 4.69) is 4.90 Å². The lowest BCUT2D eigenvalue weighted by Crippen LogP contribution is -2.38. The lowest BCUT2D eigenvalue weighted by molar-refractivity contribution is 0.0321. The molecule has 4 nitrogen and oxygen atoms in total. The molecule has 0 saturated carbocycles. The zero-order chi connectivity index (χ0) is 12.8. The summed E-state index contributed by atoms with van der Waals surface area (Å²) in [5, 5.41) is 9.80. The quantitative estimate of drug-likeness (QED) is 0.882. The highest BCUT2D eigenvalue weighted by molar-refractivity contribution is 6.31. The number of hydrogen-bond acceptors (Lipinski definition) is 4. The van der Waals surface area contributed by atoms with Crippen LogP contribution in [0.3, 0.4) is 0 Å². The van der Waals surface area contributed by atoms with Crippen LogP contribution in [0.25, 0.3) is 0 Å². The Labute approximate surface area is 112 Å². The number of rotatable bonds is 5. The van der Waals surface area contributed by atoms with Gasteiger partial charge in [0, 0.05) is 30.2 Å². The first kappa shape index (κ1) is 13.6. The number of benzene rings is 1. The first-order valence-corrected chi connectivity index (χ1v) is 6.50. The van der Waals surface area contributed by atoms with Crippen molar-refractivity contribution in [3.05, 3.63) is 28.8 Å². The molecule has 2 rings (SSSR count). The maximum absolute atomic E-state index is 9.26. The maximum Gasteiger partial charge on any atom is 0.126 e. The van der Waals surface area contributed by atoms with E-state index in [4.69, 9.17) is 21.1 Å². The van der Waals surface area contributed by atoms with Gasteiger partial charge in [0.25, 0.3) is 0 Å². The molecule has 0 amide bonds. The molecule has 1 fully saturated rings. The number of morpholine rings is 1. The van der Waals surface area contributed by atoms with Gasteiger partial charge in [-0.2, -0.15) is 0 Å². The van der Waals surface area contributed by atoms with E-state index in [1.54, 1.807) is 6.07 Å². The summed E-state index contributed by atoms with van der Waals surface area (Å²) in [7, 11) is 0. The van der Waals surface area contributed by atoms with Crippen molar-refractivity contribution in [2.75, 3.05) is 39.5 Å². The van der Waals surface area contributed by atoms with Gasteiger partial charge in [0.2, 0.25) is 0 Å². The average Bonchev–Trinajstić information content (AvgIpc) is 2.40. The number of hydrogen-bond donors (Lipinski definition) is 1. The summed E-state index contributed by atoms with van der Waals surface area (Å²) in [6.07, 6.45) is 0. The first-order chi connectivity index (χ1) is 8.81. The van der Waals surface area contributed by atoms with Crippen molar-refractivity contribution in [1.82, 2.24) is 4.90 Å². The lowest BCUT2D eigenvalue weighted by Gasteiger charge is -2.26. The summed E-state index contributed by atoms with van der Waals surface area (Å²) in [6, 6.07) is 5.41. The average molecular weight is 272 g/mol. The van der Waals surface area contributed by atoms with E-state index in [-0.39, 0.29) is 6.61 Å². The molecular formula is C13H18ClNO3. The number of aliphatic hydroxyl groups is 1. The van der Waals surface area contributed by atoms with E-state index in [0.29, 0.717) is 22.9 Å². The van der Waals surface area contributed by atoms with Gasteiger partial charge in [-0.05, 0) is 12.1 Å². The predicted octanol–water partition coefficient (Wildman–Crippen LogP) is 1.54. The van der Waals surface area contributed by atoms with Crippen LogP contribution in [0.5, 0.6) is 5.75 Å². The van der Waals surface area contributed by atoms with Crippen LogP contribution in [0, 0.1) is 0 Å². The van der Waals surface area contributed by atoms with Crippen molar-refractivity contribution in [3.8, 4) is 5.75 Å². The monoisotopic (exact) mass is 271 g/mol. The third kappa shape index (κ3) is 3.59. The van der Waals surface area contributed by atoms with Crippen LogP contribution < -0.4 is 4.74 Å². The minimum atomic E-state index is -0.105. The maximum atomic E-state index is 9.26. The number of ether oxygens (including phenoxy) is 2. The molecule has 1 saturated heterocycles. The first-order valence-electron chi connectivity index (χ1n) is 6.12. The molecule has 0 bridgehead atoms. The van der Waals surface area contributed by atoms with Gasteiger partial charge >= 0.3 is 0 Å². The van der Waals surface area contributed by atoms with Crippen molar-refractivity contribution < 1.29 is 14.6 Å². The molecular weight excluding hydrogens is 254 g/mol. The highest BCUT2D eigenvalue weighted by Crippen LogP contribution is 2.26. The van der Waals surface area contributed by atoms with Crippen LogP contribution in [0.2, 0.25) is 5.02 Å². The molecule has 0 atom stereocenters. The second-order valence-corrected chi connectivity index (χ2v) is 4.58. The van der Waals surface area contributed by atoms with Gasteiger partial charge in [0.05, 0.1) is 19.8 Å². The zero-order valence-electron chi connectivity index (χ0n) is 10.3. The van der Waals surface area contributed by atoms with Crippen molar-refractivity contribution in [1.29, 1.82) is 0 Å². The number of aliphatic hydroxyl groups excluding tert-OH is 1. The summed E-state index contributed by atoms with van der Waals surface area (Å²) >= 11 is 5.99. The Hall–Kier alpha value is -0.810. The van der Waals surface area contributed by atoms with E-state index < -0.39 is 0 Å². The molecule has 1 aromatic rings. The van der Waals surface area contributed by atoms with Crippen LogP contribution in [0.15, 0.2) is 18.2 Å². The van der Waals surface area contributed by atoms with Gasteiger partial charge in [-0.1, -0.05) is 17.7 Å². The van der Waals surface area contributed by atoms with Gasteiger partial charge in [0.1, 0.15) is 12.4 Å². The molecule has 1 aliphatic rings. The van der Waals surface area contributed by atoms with Crippen molar-refractivity contribution in [2.45, 2.75) is 6.61 Å². The minimum absolute atomic E-state index is 0.105. The van der Waals surface area contributed by atoms with Crippen LogP contribution in [-0.2, 0) is 11.3 Å². The van der Waals surface area contributed by atoms with Gasteiger partial charge in [0.15, 0.2) is 0 Å². The Kier molecular flexibility index (Phi) is 5.26. The number of nitrogens with zero attached hydrogens (tertiary/aromatic N) is 1. The highest BCUT2D eigenvalue weighted by atomic mass is 35.5. The molecule has 0 aliphatic carbocycles. The van der Waals surface area contributed by atoms with Crippen LogP contribution >= 0.6 is 11.6 Å². The minimum Gasteiger partial charge on any atom is -0.492 e. The Morgan fingerprint density at radius 2 is 2.11 bits per heavy atom. The molecule has 1 N–H and O–H groups in total. The summed E-state index contributed by atoms with van der Waals surface area (Å²) in [5.41, 5.74) is 0.654. The van der Waals surface area contributed by atoms with Crippen LogP contribution in [0.4, 0.5) is 0 Å². The van der Waals surface area contributed by atoms with Gasteiger partial charge < -0.3 is 14.6 Å². The molecule has 0 radical (unpaired) electrons. The van der Waals surface area contributed by atoms with Gasteiger partial charge in [-0.3, -0.25) is 4.90 Å². The molecule has 18 heavy (non-hydrogen) atoms. The molecule has 5 heteroatoms. The SMILES string of the molecule is OCc1c(Cl)cccc1OCCN1CCOCC1. The Balaban J connectivity index is 1.84. The highest BCUT2D eigenvalue weighted by Gasteiger charge is 2.11. The molecule has 0 spiro atoms. The Morgan fingerprint density at radius 1 is 1.33 bits per heavy atom. The summed E-state index contributed by atoms with van der Waals surface area (Å²) in [6.45, 7) is 4.83. The second-order valence-electron chi connectivity index (χ2n) is 4.18.